The third kappa shape index (κ3) is 7.67. The standard InChI is InChI=1S/C32H36N8O4/c1-2-3-8-18-35-31(42)32(21-24-10-5-7-13-28(24)38-40-34)29(27-12-6-4-11-25(27)22-36-39-33)44-30(37-32)23-14-16-26(17-15-23)43-20-9-19-41/h4-7,10-17,29,41H,2-3,8-9,18-22H2,1H3,(H,35,42)/t29-,32-/m1/s1. The van der Waals surface area contributed by atoms with E-state index in [0.29, 0.717) is 53.3 Å². The second-order valence-electron chi connectivity index (χ2n) is 10.3. The predicted molar refractivity (Wildman–Crippen MR) is 168 cm³/mol. The Labute approximate surface area is 256 Å². The molecule has 1 aliphatic heterocycles. The lowest BCUT2D eigenvalue weighted by molar-refractivity contribution is -0.128. The van der Waals surface area contributed by atoms with Gasteiger partial charge in [-0.25, -0.2) is 4.99 Å². The van der Waals surface area contributed by atoms with E-state index in [1.165, 1.54) is 0 Å². The third-order valence-corrected chi connectivity index (χ3v) is 7.34. The minimum atomic E-state index is -1.49. The first-order valence-corrected chi connectivity index (χ1v) is 14.7. The molecule has 0 spiro atoms. The number of amides is 1. The number of rotatable bonds is 16. The second kappa shape index (κ2) is 16.0. The molecule has 2 atom stereocenters. The summed E-state index contributed by atoms with van der Waals surface area (Å²) in [4.78, 5) is 25.3. The number of carbonyl (C=O) groups excluding carboxylic acids is 1. The van der Waals surface area contributed by atoms with Gasteiger partial charge in [-0.05, 0) is 58.4 Å². The highest BCUT2D eigenvalue weighted by molar-refractivity contribution is 6.01. The Balaban J connectivity index is 1.85. The van der Waals surface area contributed by atoms with Gasteiger partial charge in [0.2, 0.25) is 5.90 Å². The molecule has 0 fully saturated rings. The van der Waals surface area contributed by atoms with Crippen LogP contribution >= 0.6 is 0 Å². The monoisotopic (exact) mass is 596 g/mol. The fourth-order valence-corrected chi connectivity index (χ4v) is 5.13. The lowest BCUT2D eigenvalue weighted by Crippen LogP contribution is -2.50. The fraction of sp³-hybridized carbons (Fsp3) is 0.375. The number of aliphatic imine (C=N–C) groups is 1. The minimum absolute atomic E-state index is 0.0384. The van der Waals surface area contributed by atoms with Crippen LogP contribution in [-0.4, -0.2) is 42.2 Å². The first-order chi connectivity index (χ1) is 21.6. The van der Waals surface area contributed by atoms with Crippen LogP contribution in [0, 0.1) is 0 Å². The highest BCUT2D eigenvalue weighted by Crippen LogP contribution is 2.44. The minimum Gasteiger partial charge on any atom is -0.494 e. The van der Waals surface area contributed by atoms with Gasteiger partial charge in [0, 0.05) is 47.1 Å². The highest BCUT2D eigenvalue weighted by Gasteiger charge is 2.53. The van der Waals surface area contributed by atoms with Gasteiger partial charge in [-0.1, -0.05) is 78.5 Å². The number of hydrogen-bond donors (Lipinski definition) is 2. The maximum absolute atomic E-state index is 14.4. The van der Waals surface area contributed by atoms with E-state index in [1.807, 2.05) is 36.4 Å². The molecule has 0 aromatic heterocycles. The molecular weight excluding hydrogens is 560 g/mol. The van der Waals surface area contributed by atoms with Gasteiger partial charge in [-0.2, -0.15) is 0 Å². The van der Waals surface area contributed by atoms with Crippen LogP contribution in [0.4, 0.5) is 5.69 Å². The third-order valence-electron chi connectivity index (χ3n) is 7.34. The topological polar surface area (TPSA) is 178 Å². The van der Waals surface area contributed by atoms with E-state index in [9.17, 15) is 10.3 Å². The van der Waals surface area contributed by atoms with Crippen molar-refractivity contribution in [1.29, 1.82) is 0 Å². The van der Waals surface area contributed by atoms with Gasteiger partial charge in [-0.15, -0.1) is 0 Å². The molecule has 0 saturated carbocycles. The van der Waals surface area contributed by atoms with Crippen molar-refractivity contribution >= 4 is 17.5 Å². The second-order valence-corrected chi connectivity index (χ2v) is 10.3. The summed E-state index contributed by atoms with van der Waals surface area (Å²) in [7, 11) is 0. The molecule has 12 heteroatoms. The lowest BCUT2D eigenvalue weighted by Gasteiger charge is -2.32. The number of aliphatic hydroxyl groups is 1. The number of benzene rings is 3. The Morgan fingerprint density at radius 2 is 1.77 bits per heavy atom. The van der Waals surface area contributed by atoms with Crippen molar-refractivity contribution in [3.05, 3.63) is 116 Å². The quantitative estimate of drug-likeness (QED) is 0.0782. The summed E-state index contributed by atoms with van der Waals surface area (Å²) in [5, 5.41) is 19.8. The molecule has 3 aromatic rings. The molecule has 44 heavy (non-hydrogen) atoms. The van der Waals surface area contributed by atoms with Gasteiger partial charge in [0.05, 0.1) is 13.2 Å². The Bertz CT molecular complexity index is 1550. The van der Waals surface area contributed by atoms with Crippen molar-refractivity contribution in [2.24, 2.45) is 15.2 Å². The van der Waals surface area contributed by atoms with E-state index in [2.05, 4.69) is 32.3 Å². The van der Waals surface area contributed by atoms with Crippen molar-refractivity contribution in [2.45, 2.75) is 57.2 Å². The van der Waals surface area contributed by atoms with Gasteiger partial charge in [-0.3, -0.25) is 4.79 Å². The van der Waals surface area contributed by atoms with Crippen molar-refractivity contribution in [3.8, 4) is 5.75 Å². The smallest absolute Gasteiger partial charge is 0.252 e. The molecule has 0 bridgehead atoms. The summed E-state index contributed by atoms with van der Waals surface area (Å²) in [6.45, 7) is 3.03. The van der Waals surface area contributed by atoms with Crippen LogP contribution in [0.5, 0.6) is 5.75 Å². The molecular formula is C32H36N8O4. The SMILES string of the molecule is CCCCCNC(=O)[C@]1(Cc2ccccc2N=[N+]=[N-])N=C(c2ccc(OCCCO)cc2)O[C@@H]1c1ccccc1CN=[N+]=[N-]. The molecule has 1 heterocycles. The normalized spacial score (nSPS) is 17.0. The van der Waals surface area contributed by atoms with Gasteiger partial charge >= 0.3 is 0 Å². The summed E-state index contributed by atoms with van der Waals surface area (Å²) < 4.78 is 12.3. The lowest BCUT2D eigenvalue weighted by atomic mass is 9.80. The number of carbonyl (C=O) groups is 1. The van der Waals surface area contributed by atoms with Gasteiger partial charge in [0.25, 0.3) is 5.91 Å². The van der Waals surface area contributed by atoms with Crippen molar-refractivity contribution in [1.82, 2.24) is 5.32 Å². The average Bonchev–Trinajstić information content (AvgIpc) is 3.44. The van der Waals surface area contributed by atoms with Crippen LogP contribution in [0.2, 0.25) is 0 Å². The van der Waals surface area contributed by atoms with E-state index < -0.39 is 11.6 Å². The first-order valence-electron chi connectivity index (χ1n) is 14.7. The first kappa shape index (κ1) is 31.9. The number of nitrogens with one attached hydrogen (secondary N) is 1. The number of ether oxygens (including phenoxy) is 2. The number of aliphatic hydroxyl groups excluding tert-OH is 1. The molecule has 4 rings (SSSR count). The van der Waals surface area contributed by atoms with Crippen molar-refractivity contribution in [3.63, 3.8) is 0 Å². The number of nitrogens with zero attached hydrogens (tertiary/aromatic N) is 7. The van der Waals surface area contributed by atoms with Gasteiger partial charge in [0.15, 0.2) is 11.6 Å². The van der Waals surface area contributed by atoms with Crippen LogP contribution in [0.3, 0.4) is 0 Å². The van der Waals surface area contributed by atoms with E-state index in [1.54, 1.807) is 36.4 Å². The largest absolute Gasteiger partial charge is 0.494 e. The van der Waals surface area contributed by atoms with E-state index in [0.717, 1.165) is 19.3 Å². The van der Waals surface area contributed by atoms with Crippen molar-refractivity contribution < 1.29 is 19.4 Å². The van der Waals surface area contributed by atoms with Crippen LogP contribution in [0.15, 0.2) is 88.0 Å². The van der Waals surface area contributed by atoms with Crippen molar-refractivity contribution in [2.75, 3.05) is 19.8 Å². The number of azide groups is 2. The number of unbranched alkanes of at least 4 members (excludes halogenated alkanes) is 2. The Kier molecular flexibility index (Phi) is 11.6. The zero-order valence-electron chi connectivity index (χ0n) is 24.7. The van der Waals surface area contributed by atoms with E-state index >= 15 is 0 Å². The van der Waals surface area contributed by atoms with Gasteiger partial charge in [0.1, 0.15) is 5.75 Å². The maximum atomic E-state index is 14.4. The summed E-state index contributed by atoms with van der Waals surface area (Å²) in [6, 6.07) is 21.6. The summed E-state index contributed by atoms with van der Waals surface area (Å²) in [5.41, 5.74) is 19.8. The molecule has 2 N–H and O–H groups in total. The van der Waals surface area contributed by atoms with Crippen LogP contribution in [-0.2, 0) is 22.5 Å². The Morgan fingerprint density at radius 3 is 2.50 bits per heavy atom. The molecule has 0 saturated heterocycles. The molecule has 1 aliphatic rings. The molecule has 0 radical (unpaired) electrons. The van der Waals surface area contributed by atoms with Crippen LogP contribution in [0.25, 0.3) is 20.9 Å². The zero-order chi connectivity index (χ0) is 31.2. The summed E-state index contributed by atoms with van der Waals surface area (Å²) in [5.74, 6) is 0.563. The summed E-state index contributed by atoms with van der Waals surface area (Å²) in [6.07, 6.45) is 2.47. The molecule has 0 aliphatic carbocycles. The molecule has 0 unspecified atom stereocenters. The van der Waals surface area contributed by atoms with Crippen LogP contribution < -0.4 is 10.1 Å². The van der Waals surface area contributed by atoms with E-state index in [4.69, 9.17) is 25.1 Å². The molecule has 12 nitrogen and oxygen atoms in total. The average molecular weight is 597 g/mol. The summed E-state index contributed by atoms with van der Waals surface area (Å²) >= 11 is 0. The highest BCUT2D eigenvalue weighted by atomic mass is 16.5. The molecule has 228 valence electrons. The predicted octanol–water partition coefficient (Wildman–Crippen LogP) is 7.01. The Hall–Kier alpha value is -5.02. The maximum Gasteiger partial charge on any atom is 0.252 e. The molecule has 3 aromatic carbocycles. The zero-order valence-corrected chi connectivity index (χ0v) is 24.7. The van der Waals surface area contributed by atoms with Crippen LogP contribution in [0.1, 0.15) is 61.0 Å². The molecule has 1 amide bonds. The van der Waals surface area contributed by atoms with E-state index in [-0.39, 0.29) is 31.4 Å². The number of hydrogen-bond acceptors (Lipinski definition) is 7. The fourth-order valence-electron chi connectivity index (χ4n) is 5.13. The Morgan fingerprint density at radius 1 is 1.02 bits per heavy atom. The van der Waals surface area contributed by atoms with Gasteiger partial charge < -0.3 is 19.9 Å².